The summed E-state index contributed by atoms with van der Waals surface area (Å²) in [6.45, 7) is 4.64. The molecule has 0 aromatic heterocycles. The normalized spacial score (nSPS) is 16.8. The Morgan fingerprint density at radius 2 is 1.79 bits per heavy atom. The zero-order valence-electron chi connectivity index (χ0n) is 18.6. The Bertz CT molecular complexity index is 1160. The summed E-state index contributed by atoms with van der Waals surface area (Å²) in [6, 6.07) is 22.6. The first kappa shape index (κ1) is 22.9. The summed E-state index contributed by atoms with van der Waals surface area (Å²) in [4.78, 5) is 23.8. The molecule has 1 fully saturated rings. The van der Waals surface area contributed by atoms with Crippen molar-refractivity contribution >= 4 is 35.0 Å². The molecule has 0 bridgehead atoms. The lowest BCUT2D eigenvalue weighted by Gasteiger charge is -2.18. The fourth-order valence-electron chi connectivity index (χ4n) is 3.79. The number of hydrogen-bond acceptors (Lipinski definition) is 5. The summed E-state index contributed by atoms with van der Waals surface area (Å²) in [5.41, 5.74) is 4.70. The molecule has 4 rings (SSSR count). The number of thioether (sulfide) groups is 1. The molecule has 3 aromatic rings. The first-order chi connectivity index (χ1) is 15.8. The Balaban J connectivity index is 1.40. The molecule has 170 valence electrons. The van der Waals surface area contributed by atoms with Crippen LogP contribution < -0.4 is 16.0 Å². The standard InChI is InChI=1S/C26H27N3O3S/c1-26(2)29-23(16-33-26)24(30)27-15-17-6-5-7-19(14-17)18-10-12-20(13-11-18)28-22-9-4-3-8-21(22)25(31)32/h3-14,23,28-29H,15-16H2,1-2H3,(H,27,30)(H,31,32). The molecule has 3 aromatic carbocycles. The van der Waals surface area contributed by atoms with E-state index < -0.39 is 5.97 Å². The van der Waals surface area contributed by atoms with E-state index in [1.165, 1.54) is 0 Å². The third kappa shape index (κ3) is 5.74. The van der Waals surface area contributed by atoms with Gasteiger partial charge in [-0.05, 0) is 60.9 Å². The van der Waals surface area contributed by atoms with Gasteiger partial charge in [0, 0.05) is 18.0 Å². The molecule has 0 radical (unpaired) electrons. The molecule has 1 amide bonds. The minimum Gasteiger partial charge on any atom is -0.478 e. The van der Waals surface area contributed by atoms with Crippen LogP contribution in [0.1, 0.15) is 29.8 Å². The van der Waals surface area contributed by atoms with Crippen LogP contribution in [0.15, 0.2) is 72.8 Å². The number of carboxylic acid groups (broad SMARTS) is 1. The summed E-state index contributed by atoms with van der Waals surface area (Å²) in [5.74, 6) is -0.170. The van der Waals surface area contributed by atoms with Crippen LogP contribution in [0.2, 0.25) is 0 Å². The first-order valence-corrected chi connectivity index (χ1v) is 11.8. The van der Waals surface area contributed by atoms with Gasteiger partial charge < -0.3 is 15.7 Å². The molecule has 1 saturated heterocycles. The van der Waals surface area contributed by atoms with Gasteiger partial charge in [0.25, 0.3) is 0 Å². The average Bonchev–Trinajstić information content (AvgIpc) is 3.18. The van der Waals surface area contributed by atoms with Crippen LogP contribution in [0.5, 0.6) is 0 Å². The van der Waals surface area contributed by atoms with E-state index in [1.807, 2.05) is 42.5 Å². The SMILES string of the molecule is CC1(C)NC(C(=O)NCc2cccc(-c3ccc(Nc4ccccc4C(=O)O)cc3)c2)CS1. The lowest BCUT2D eigenvalue weighted by molar-refractivity contribution is -0.122. The highest BCUT2D eigenvalue weighted by Crippen LogP contribution is 2.29. The van der Waals surface area contributed by atoms with Gasteiger partial charge >= 0.3 is 5.97 Å². The number of carbonyl (C=O) groups is 2. The summed E-state index contributed by atoms with van der Waals surface area (Å²) >= 11 is 1.75. The lowest BCUT2D eigenvalue weighted by atomic mass is 10.0. The molecule has 33 heavy (non-hydrogen) atoms. The third-order valence-electron chi connectivity index (χ3n) is 5.50. The van der Waals surface area contributed by atoms with Crippen molar-refractivity contribution in [3.8, 4) is 11.1 Å². The zero-order valence-corrected chi connectivity index (χ0v) is 19.4. The Morgan fingerprint density at radius 3 is 2.48 bits per heavy atom. The highest BCUT2D eigenvalue weighted by molar-refractivity contribution is 8.00. The molecule has 0 aliphatic carbocycles. The molecule has 7 heteroatoms. The van der Waals surface area contributed by atoms with Crippen molar-refractivity contribution in [2.75, 3.05) is 11.1 Å². The number of carbonyl (C=O) groups excluding carboxylic acids is 1. The highest BCUT2D eigenvalue weighted by Gasteiger charge is 2.34. The van der Waals surface area contributed by atoms with Crippen molar-refractivity contribution < 1.29 is 14.7 Å². The van der Waals surface area contributed by atoms with Gasteiger partial charge in [-0.25, -0.2) is 4.79 Å². The number of para-hydroxylation sites is 1. The number of anilines is 2. The van der Waals surface area contributed by atoms with Gasteiger partial charge in [-0.3, -0.25) is 10.1 Å². The summed E-state index contributed by atoms with van der Waals surface area (Å²) in [5, 5.41) is 18.9. The van der Waals surface area contributed by atoms with Crippen LogP contribution in [-0.4, -0.2) is 33.6 Å². The number of aromatic carboxylic acids is 1. The minimum atomic E-state index is -0.968. The van der Waals surface area contributed by atoms with Crippen LogP contribution in [0.25, 0.3) is 11.1 Å². The number of nitrogens with one attached hydrogen (secondary N) is 3. The molecule has 1 aliphatic heterocycles. The summed E-state index contributed by atoms with van der Waals surface area (Å²) in [7, 11) is 0. The van der Waals surface area contributed by atoms with Crippen molar-refractivity contribution in [1.82, 2.24) is 10.6 Å². The van der Waals surface area contributed by atoms with E-state index in [0.717, 1.165) is 28.1 Å². The van der Waals surface area contributed by atoms with Gasteiger partial charge in [-0.2, -0.15) is 0 Å². The van der Waals surface area contributed by atoms with Crippen molar-refractivity contribution in [3.05, 3.63) is 83.9 Å². The summed E-state index contributed by atoms with van der Waals surface area (Å²) in [6.07, 6.45) is 0. The average molecular weight is 462 g/mol. The quantitative estimate of drug-likeness (QED) is 0.402. The van der Waals surface area contributed by atoms with Crippen molar-refractivity contribution in [3.63, 3.8) is 0 Å². The lowest BCUT2D eigenvalue weighted by Crippen LogP contribution is -2.46. The van der Waals surface area contributed by atoms with Crippen molar-refractivity contribution in [2.24, 2.45) is 0 Å². The van der Waals surface area contributed by atoms with E-state index in [1.54, 1.807) is 36.0 Å². The number of rotatable bonds is 7. The second-order valence-corrected chi connectivity index (χ2v) is 10.1. The Kier molecular flexibility index (Phi) is 6.72. The molecule has 0 saturated carbocycles. The van der Waals surface area contributed by atoms with Gasteiger partial charge in [-0.15, -0.1) is 11.8 Å². The van der Waals surface area contributed by atoms with Crippen LogP contribution in [0.3, 0.4) is 0 Å². The topological polar surface area (TPSA) is 90.5 Å². The molecule has 1 aliphatic rings. The van der Waals surface area contributed by atoms with Crippen LogP contribution in [-0.2, 0) is 11.3 Å². The maximum atomic E-state index is 12.5. The van der Waals surface area contributed by atoms with Gasteiger partial charge in [0.2, 0.25) is 5.91 Å². The predicted molar refractivity (Wildman–Crippen MR) is 134 cm³/mol. The summed E-state index contributed by atoms with van der Waals surface area (Å²) < 4.78 is 0. The Morgan fingerprint density at radius 1 is 1.03 bits per heavy atom. The second kappa shape index (κ2) is 9.68. The molecule has 0 spiro atoms. The number of carboxylic acids is 1. The van der Waals surface area contributed by atoms with Gasteiger partial charge in [0.1, 0.15) is 0 Å². The molecule has 6 nitrogen and oxygen atoms in total. The molecule has 1 heterocycles. The molecule has 4 N–H and O–H groups in total. The number of hydrogen-bond donors (Lipinski definition) is 4. The van der Waals surface area contributed by atoms with Gasteiger partial charge in [0.05, 0.1) is 22.2 Å². The molecule has 1 unspecified atom stereocenters. The van der Waals surface area contributed by atoms with E-state index in [4.69, 9.17) is 0 Å². The van der Waals surface area contributed by atoms with Gasteiger partial charge in [0.15, 0.2) is 0 Å². The first-order valence-electron chi connectivity index (χ1n) is 10.8. The minimum absolute atomic E-state index is 0.0237. The fraction of sp³-hybridized carbons (Fsp3) is 0.231. The van der Waals surface area contributed by atoms with Crippen LogP contribution in [0.4, 0.5) is 11.4 Å². The van der Waals surface area contributed by atoms with E-state index in [9.17, 15) is 14.7 Å². The van der Waals surface area contributed by atoms with E-state index >= 15 is 0 Å². The Hall–Kier alpha value is -3.29. The van der Waals surface area contributed by atoms with E-state index in [0.29, 0.717) is 12.2 Å². The smallest absolute Gasteiger partial charge is 0.337 e. The van der Waals surface area contributed by atoms with E-state index in [-0.39, 0.29) is 22.4 Å². The van der Waals surface area contributed by atoms with Crippen molar-refractivity contribution in [2.45, 2.75) is 31.3 Å². The fourth-order valence-corrected chi connectivity index (χ4v) is 4.83. The monoisotopic (exact) mass is 461 g/mol. The molecular weight excluding hydrogens is 434 g/mol. The van der Waals surface area contributed by atoms with Crippen LogP contribution in [0, 0.1) is 0 Å². The second-order valence-electron chi connectivity index (χ2n) is 8.49. The van der Waals surface area contributed by atoms with E-state index in [2.05, 4.69) is 35.9 Å². The van der Waals surface area contributed by atoms with Gasteiger partial charge in [-0.1, -0.05) is 42.5 Å². The maximum absolute atomic E-state index is 12.5. The largest absolute Gasteiger partial charge is 0.478 e. The molecular formula is C26H27N3O3S. The number of amides is 1. The Labute approximate surface area is 197 Å². The van der Waals surface area contributed by atoms with Crippen molar-refractivity contribution in [1.29, 1.82) is 0 Å². The third-order valence-corrected chi connectivity index (χ3v) is 6.84. The predicted octanol–water partition coefficient (Wildman–Crippen LogP) is 4.85. The zero-order chi connectivity index (χ0) is 23.4. The van der Waals surface area contributed by atoms with Crippen LogP contribution >= 0.6 is 11.8 Å². The highest BCUT2D eigenvalue weighted by atomic mass is 32.2. The number of benzene rings is 3. The molecule has 1 atom stereocenters. The maximum Gasteiger partial charge on any atom is 0.337 e.